The van der Waals surface area contributed by atoms with Crippen molar-refractivity contribution in [2.75, 3.05) is 47.4 Å². The molecule has 1 aromatic carbocycles. The maximum absolute atomic E-state index is 14.4. The summed E-state index contributed by atoms with van der Waals surface area (Å²) in [5, 5.41) is 0.668. The van der Waals surface area contributed by atoms with Crippen molar-refractivity contribution in [2.45, 2.75) is 39.2 Å². The highest BCUT2D eigenvalue weighted by molar-refractivity contribution is 6.32. The molecule has 2 saturated heterocycles. The Hall–Kier alpha value is -2.93. The first-order valence-electron chi connectivity index (χ1n) is 12.0. The fraction of sp³-hybridized carbons (Fsp3) is 0.423. The molecule has 1 atom stereocenters. The molecule has 2 fully saturated rings. The van der Waals surface area contributed by atoms with Gasteiger partial charge in [0.2, 0.25) is 5.95 Å². The summed E-state index contributed by atoms with van der Waals surface area (Å²) in [7, 11) is 0. The predicted octanol–water partition coefficient (Wildman–Crippen LogP) is 5.34. The van der Waals surface area contributed by atoms with E-state index < -0.39 is 0 Å². The summed E-state index contributed by atoms with van der Waals surface area (Å²) in [4.78, 5) is 21.2. The third kappa shape index (κ3) is 4.67. The molecule has 2 aliphatic heterocycles. The van der Waals surface area contributed by atoms with E-state index in [1.807, 2.05) is 30.3 Å². The van der Waals surface area contributed by atoms with E-state index in [1.54, 1.807) is 19.2 Å². The smallest absolute Gasteiger partial charge is 0.227 e. The lowest BCUT2D eigenvalue weighted by Crippen LogP contribution is -2.52. The van der Waals surface area contributed by atoms with Crippen molar-refractivity contribution in [1.29, 1.82) is 0 Å². The lowest BCUT2D eigenvalue weighted by Gasteiger charge is -2.41. The molecule has 8 heteroatoms. The second-order valence-electron chi connectivity index (χ2n) is 9.22. The van der Waals surface area contributed by atoms with Gasteiger partial charge in [-0.2, -0.15) is 4.98 Å². The van der Waals surface area contributed by atoms with Crippen LogP contribution in [0.1, 0.15) is 31.7 Å². The van der Waals surface area contributed by atoms with E-state index in [2.05, 4.69) is 26.6 Å². The Kier molecular flexibility index (Phi) is 6.55. The zero-order valence-corrected chi connectivity index (χ0v) is 20.5. The molecule has 0 spiro atoms. The number of aromatic nitrogens is 3. The average molecular weight is 481 g/mol. The Morgan fingerprint density at radius 2 is 1.79 bits per heavy atom. The van der Waals surface area contributed by atoms with Crippen LogP contribution in [-0.2, 0) is 0 Å². The Morgan fingerprint density at radius 1 is 0.971 bits per heavy atom. The lowest BCUT2D eigenvalue weighted by molar-refractivity contribution is 0.539. The van der Waals surface area contributed by atoms with Crippen molar-refractivity contribution in [1.82, 2.24) is 15.0 Å². The number of piperazine rings is 1. The SMILES string of the molecule is Cc1ccc(-c2cc(N3CCN(c4ncccc4Cl)CC3C)nc(N3CCCCC3)n2)cc1F. The van der Waals surface area contributed by atoms with Crippen LogP contribution in [-0.4, -0.2) is 53.7 Å². The Labute approximate surface area is 205 Å². The molecule has 0 aliphatic carbocycles. The van der Waals surface area contributed by atoms with E-state index >= 15 is 0 Å². The number of hydrogen-bond acceptors (Lipinski definition) is 6. The van der Waals surface area contributed by atoms with Crippen LogP contribution >= 0.6 is 11.6 Å². The van der Waals surface area contributed by atoms with Gasteiger partial charge in [0.05, 0.1) is 10.7 Å². The van der Waals surface area contributed by atoms with Crippen molar-refractivity contribution in [3.63, 3.8) is 0 Å². The summed E-state index contributed by atoms with van der Waals surface area (Å²) in [5.41, 5.74) is 2.16. The van der Waals surface area contributed by atoms with E-state index in [0.717, 1.165) is 74.4 Å². The summed E-state index contributed by atoms with van der Waals surface area (Å²) < 4.78 is 14.4. The van der Waals surface area contributed by atoms with Crippen molar-refractivity contribution in [3.05, 3.63) is 59.0 Å². The number of benzene rings is 1. The maximum Gasteiger partial charge on any atom is 0.227 e. The molecule has 2 aliphatic rings. The fourth-order valence-corrected chi connectivity index (χ4v) is 5.05. The molecular formula is C26H30ClFN6. The van der Waals surface area contributed by atoms with Crippen LogP contribution in [0.25, 0.3) is 11.3 Å². The fourth-order valence-electron chi connectivity index (χ4n) is 4.80. The third-order valence-electron chi connectivity index (χ3n) is 6.77. The van der Waals surface area contributed by atoms with Gasteiger partial charge in [0.15, 0.2) is 0 Å². The molecule has 0 bridgehead atoms. The highest BCUT2D eigenvalue weighted by Gasteiger charge is 2.28. The van der Waals surface area contributed by atoms with Crippen molar-refractivity contribution in [2.24, 2.45) is 0 Å². The van der Waals surface area contributed by atoms with Crippen molar-refractivity contribution in [3.8, 4) is 11.3 Å². The minimum atomic E-state index is -0.216. The molecule has 0 saturated carbocycles. The Bertz CT molecular complexity index is 1170. The van der Waals surface area contributed by atoms with Gasteiger partial charge in [-0.15, -0.1) is 0 Å². The van der Waals surface area contributed by atoms with Crippen LogP contribution in [0.3, 0.4) is 0 Å². The number of rotatable bonds is 4. The van der Waals surface area contributed by atoms with E-state index in [9.17, 15) is 4.39 Å². The topological polar surface area (TPSA) is 48.4 Å². The maximum atomic E-state index is 14.4. The van der Waals surface area contributed by atoms with Crippen molar-refractivity contribution >= 4 is 29.2 Å². The third-order valence-corrected chi connectivity index (χ3v) is 7.06. The molecule has 0 radical (unpaired) electrons. The minimum Gasteiger partial charge on any atom is -0.352 e. The molecule has 3 aromatic rings. The van der Waals surface area contributed by atoms with E-state index in [0.29, 0.717) is 10.6 Å². The van der Waals surface area contributed by atoms with Gasteiger partial charge in [0, 0.05) is 56.6 Å². The Balaban J connectivity index is 1.47. The highest BCUT2D eigenvalue weighted by Crippen LogP contribution is 2.31. The molecule has 34 heavy (non-hydrogen) atoms. The molecule has 2 aromatic heterocycles. The van der Waals surface area contributed by atoms with Gasteiger partial charge in [-0.25, -0.2) is 14.4 Å². The van der Waals surface area contributed by atoms with Crippen LogP contribution in [0.15, 0.2) is 42.6 Å². The molecule has 0 N–H and O–H groups in total. The van der Waals surface area contributed by atoms with Gasteiger partial charge in [0.1, 0.15) is 17.5 Å². The van der Waals surface area contributed by atoms with Crippen molar-refractivity contribution < 1.29 is 4.39 Å². The van der Waals surface area contributed by atoms with Gasteiger partial charge in [-0.1, -0.05) is 23.7 Å². The summed E-state index contributed by atoms with van der Waals surface area (Å²) in [6.45, 7) is 8.23. The van der Waals surface area contributed by atoms with Crippen LogP contribution in [0.2, 0.25) is 5.02 Å². The van der Waals surface area contributed by atoms with E-state index in [-0.39, 0.29) is 11.9 Å². The second kappa shape index (κ2) is 9.74. The van der Waals surface area contributed by atoms with Gasteiger partial charge in [-0.05, 0) is 56.9 Å². The minimum absolute atomic E-state index is 0.193. The monoisotopic (exact) mass is 480 g/mol. The molecule has 6 nitrogen and oxygen atoms in total. The highest BCUT2D eigenvalue weighted by atomic mass is 35.5. The standard InChI is InChI=1S/C26H30ClFN6/c1-18-8-9-20(15-22(18)28)23-16-24(31-26(30-23)32-11-4-3-5-12-32)34-14-13-33(17-19(34)2)25-21(27)7-6-10-29-25/h6-10,15-16,19H,3-5,11-14,17H2,1-2H3. The summed E-state index contributed by atoms with van der Waals surface area (Å²) >= 11 is 6.40. The first kappa shape index (κ1) is 22.8. The molecule has 0 amide bonds. The largest absolute Gasteiger partial charge is 0.352 e. The average Bonchev–Trinajstić information content (AvgIpc) is 2.86. The summed E-state index contributed by atoms with van der Waals surface area (Å²) in [5.74, 6) is 2.22. The van der Waals surface area contributed by atoms with E-state index in [1.165, 1.54) is 6.42 Å². The number of pyridine rings is 1. The predicted molar refractivity (Wildman–Crippen MR) is 136 cm³/mol. The summed E-state index contributed by atoms with van der Waals surface area (Å²) in [6, 6.07) is 11.2. The molecule has 1 unspecified atom stereocenters. The number of piperidine rings is 1. The van der Waals surface area contributed by atoms with Crippen LogP contribution in [0.5, 0.6) is 0 Å². The van der Waals surface area contributed by atoms with Crippen LogP contribution in [0, 0.1) is 12.7 Å². The van der Waals surface area contributed by atoms with Gasteiger partial charge < -0.3 is 14.7 Å². The number of nitrogens with zero attached hydrogens (tertiary/aromatic N) is 6. The first-order chi connectivity index (χ1) is 16.5. The molecule has 5 rings (SSSR count). The van der Waals surface area contributed by atoms with Gasteiger partial charge in [-0.3, -0.25) is 0 Å². The normalized spacial score (nSPS) is 18.9. The first-order valence-corrected chi connectivity index (χ1v) is 12.4. The number of anilines is 3. The number of aryl methyl sites for hydroxylation is 1. The zero-order valence-electron chi connectivity index (χ0n) is 19.7. The zero-order chi connectivity index (χ0) is 23.7. The number of halogens is 2. The number of hydrogen-bond donors (Lipinski definition) is 0. The van der Waals surface area contributed by atoms with Gasteiger partial charge >= 0.3 is 0 Å². The lowest BCUT2D eigenvalue weighted by atomic mass is 10.1. The Morgan fingerprint density at radius 3 is 2.53 bits per heavy atom. The van der Waals surface area contributed by atoms with E-state index in [4.69, 9.17) is 21.6 Å². The van der Waals surface area contributed by atoms with Gasteiger partial charge in [0.25, 0.3) is 0 Å². The van der Waals surface area contributed by atoms with Crippen LogP contribution in [0.4, 0.5) is 22.0 Å². The van der Waals surface area contributed by atoms with Crippen LogP contribution < -0.4 is 14.7 Å². The summed E-state index contributed by atoms with van der Waals surface area (Å²) in [6.07, 6.45) is 5.30. The molecule has 178 valence electrons. The molecular weight excluding hydrogens is 451 g/mol. The second-order valence-corrected chi connectivity index (χ2v) is 9.63. The quantitative estimate of drug-likeness (QED) is 0.502. The molecule has 4 heterocycles.